The molecule has 19 heavy (non-hydrogen) atoms. The van der Waals surface area contributed by atoms with Gasteiger partial charge in [-0.3, -0.25) is 0 Å². The minimum Gasteiger partial charge on any atom is -0.382 e. The van der Waals surface area contributed by atoms with Crippen molar-refractivity contribution < 1.29 is 14.4 Å². The van der Waals surface area contributed by atoms with Crippen molar-refractivity contribution in [2.75, 3.05) is 13.7 Å². The summed E-state index contributed by atoms with van der Waals surface area (Å²) in [6, 6.07) is 0. The maximum atomic E-state index is 9.62. The topological polar surface area (TPSA) is 94.4 Å². The molecular formula is C13H23N3O3. The maximum absolute atomic E-state index is 9.62. The van der Waals surface area contributed by atoms with Gasteiger partial charge in [-0.15, -0.1) is 0 Å². The van der Waals surface area contributed by atoms with Gasteiger partial charge in [0.25, 0.3) is 5.89 Å². The molecule has 3 N–H and O–H groups in total. The Bertz CT molecular complexity index is 421. The third-order valence-corrected chi connectivity index (χ3v) is 4.16. The number of aliphatic hydroxyl groups excluding tert-OH is 1. The number of rotatable bonds is 4. The summed E-state index contributed by atoms with van der Waals surface area (Å²) in [6.07, 6.45) is 2.90. The van der Waals surface area contributed by atoms with Crippen LogP contribution in [-0.4, -0.2) is 28.9 Å². The zero-order valence-electron chi connectivity index (χ0n) is 11.8. The van der Waals surface area contributed by atoms with E-state index in [4.69, 9.17) is 15.0 Å². The fourth-order valence-corrected chi connectivity index (χ4v) is 2.51. The molecule has 1 saturated carbocycles. The van der Waals surface area contributed by atoms with Crippen LogP contribution in [0.25, 0.3) is 0 Å². The van der Waals surface area contributed by atoms with E-state index in [-0.39, 0.29) is 12.4 Å². The third kappa shape index (κ3) is 2.80. The van der Waals surface area contributed by atoms with E-state index in [1.54, 1.807) is 7.11 Å². The average Bonchev–Trinajstić information content (AvgIpc) is 2.89. The minimum atomic E-state index is -0.907. The van der Waals surface area contributed by atoms with Crippen LogP contribution >= 0.6 is 0 Å². The quantitative estimate of drug-likeness (QED) is 0.860. The van der Waals surface area contributed by atoms with E-state index in [0.29, 0.717) is 11.2 Å². The second-order valence-corrected chi connectivity index (χ2v) is 6.07. The Hall–Kier alpha value is -0.980. The second kappa shape index (κ2) is 5.19. The van der Waals surface area contributed by atoms with Gasteiger partial charge in [-0.1, -0.05) is 19.0 Å². The molecule has 1 aromatic heterocycles. The Balaban J connectivity index is 2.20. The highest BCUT2D eigenvalue weighted by atomic mass is 16.5. The van der Waals surface area contributed by atoms with Gasteiger partial charge >= 0.3 is 0 Å². The van der Waals surface area contributed by atoms with Crippen molar-refractivity contribution >= 4 is 0 Å². The fourth-order valence-electron chi connectivity index (χ4n) is 2.51. The van der Waals surface area contributed by atoms with E-state index in [0.717, 1.165) is 25.7 Å². The van der Waals surface area contributed by atoms with Crippen LogP contribution in [0.1, 0.15) is 57.3 Å². The molecule has 0 unspecified atom stereocenters. The van der Waals surface area contributed by atoms with Gasteiger partial charge in [0, 0.05) is 13.7 Å². The summed E-state index contributed by atoms with van der Waals surface area (Å²) >= 11 is 0. The normalized spacial score (nSPS) is 23.2. The lowest BCUT2D eigenvalue weighted by Crippen LogP contribution is -2.37. The van der Waals surface area contributed by atoms with Crippen molar-refractivity contribution in [1.29, 1.82) is 0 Å². The number of nitrogens with zero attached hydrogens (tertiary/aromatic N) is 2. The highest BCUT2D eigenvalue weighted by molar-refractivity contribution is 5.06. The molecule has 1 aromatic rings. The van der Waals surface area contributed by atoms with Gasteiger partial charge < -0.3 is 20.1 Å². The number of hydrogen-bond acceptors (Lipinski definition) is 6. The van der Waals surface area contributed by atoms with Gasteiger partial charge in [0.1, 0.15) is 11.7 Å². The molecule has 6 nitrogen and oxygen atoms in total. The molecular weight excluding hydrogens is 246 g/mol. The average molecular weight is 269 g/mol. The third-order valence-electron chi connectivity index (χ3n) is 4.16. The first-order chi connectivity index (χ1) is 8.92. The first-order valence-corrected chi connectivity index (χ1v) is 6.70. The smallest absolute Gasteiger partial charge is 0.256 e. The van der Waals surface area contributed by atoms with E-state index in [1.807, 2.05) is 0 Å². The summed E-state index contributed by atoms with van der Waals surface area (Å²) in [5.41, 5.74) is 5.21. The molecule has 1 atom stereocenters. The lowest BCUT2D eigenvalue weighted by atomic mass is 9.70. The molecule has 2 rings (SSSR count). The van der Waals surface area contributed by atoms with Crippen molar-refractivity contribution in [1.82, 2.24) is 10.1 Å². The Labute approximate surface area is 113 Å². The van der Waals surface area contributed by atoms with Crippen molar-refractivity contribution in [3.8, 4) is 0 Å². The first kappa shape index (κ1) is 14.4. The summed E-state index contributed by atoms with van der Waals surface area (Å²) in [5.74, 6) is 0.687. The molecule has 6 heteroatoms. The standard InChI is InChI=1S/C13H23N3O3/c1-12(2)4-6-13(18-3,7-5-12)11-15-10(19-16-11)9(17)8-14/h9,17H,4-8,14H2,1-3H3/t9-/m0/s1. The van der Waals surface area contributed by atoms with Crippen molar-refractivity contribution in [3.63, 3.8) is 0 Å². The van der Waals surface area contributed by atoms with Gasteiger partial charge in [0.05, 0.1) is 0 Å². The molecule has 1 aliphatic carbocycles. The second-order valence-electron chi connectivity index (χ2n) is 6.07. The fraction of sp³-hybridized carbons (Fsp3) is 0.846. The molecule has 1 fully saturated rings. The van der Waals surface area contributed by atoms with Crippen LogP contribution in [-0.2, 0) is 10.3 Å². The summed E-state index contributed by atoms with van der Waals surface area (Å²) in [5, 5.41) is 13.6. The lowest BCUT2D eigenvalue weighted by Gasteiger charge is -2.40. The van der Waals surface area contributed by atoms with Crippen LogP contribution < -0.4 is 5.73 Å². The van der Waals surface area contributed by atoms with E-state index < -0.39 is 11.7 Å². The SMILES string of the molecule is COC1(c2noc([C@@H](O)CN)n2)CCC(C)(C)CC1. The number of nitrogens with two attached hydrogens (primary N) is 1. The molecule has 0 spiro atoms. The zero-order chi connectivity index (χ0) is 14.1. The lowest BCUT2D eigenvalue weighted by molar-refractivity contribution is -0.0740. The van der Waals surface area contributed by atoms with E-state index in [9.17, 15) is 5.11 Å². The molecule has 1 heterocycles. The van der Waals surface area contributed by atoms with Crippen molar-refractivity contribution in [2.45, 2.75) is 51.2 Å². The number of aromatic nitrogens is 2. The van der Waals surface area contributed by atoms with E-state index in [1.165, 1.54) is 0 Å². The molecule has 1 aliphatic rings. The van der Waals surface area contributed by atoms with Crippen molar-refractivity contribution in [3.05, 3.63) is 11.7 Å². The van der Waals surface area contributed by atoms with Crippen LogP contribution in [0.3, 0.4) is 0 Å². The summed E-state index contributed by atoms with van der Waals surface area (Å²) in [6.45, 7) is 4.58. The zero-order valence-corrected chi connectivity index (χ0v) is 11.8. The van der Waals surface area contributed by atoms with Crippen LogP contribution in [0.4, 0.5) is 0 Å². The van der Waals surface area contributed by atoms with Gasteiger partial charge in [-0.25, -0.2) is 0 Å². The van der Waals surface area contributed by atoms with Crippen LogP contribution in [0.2, 0.25) is 0 Å². The summed E-state index contributed by atoms with van der Waals surface area (Å²) in [4.78, 5) is 4.26. The number of ether oxygens (including phenoxy) is 1. The molecule has 0 aliphatic heterocycles. The monoisotopic (exact) mass is 269 g/mol. The van der Waals surface area contributed by atoms with E-state index >= 15 is 0 Å². The highest BCUT2D eigenvalue weighted by Gasteiger charge is 2.43. The van der Waals surface area contributed by atoms with Gasteiger partial charge in [0.2, 0.25) is 5.82 Å². The molecule has 108 valence electrons. The van der Waals surface area contributed by atoms with Gasteiger partial charge in [-0.2, -0.15) is 4.98 Å². The van der Waals surface area contributed by atoms with E-state index in [2.05, 4.69) is 24.0 Å². The number of hydrogen-bond donors (Lipinski definition) is 2. The maximum Gasteiger partial charge on any atom is 0.256 e. The van der Waals surface area contributed by atoms with Crippen LogP contribution in [0.5, 0.6) is 0 Å². The molecule has 0 radical (unpaired) electrons. The van der Waals surface area contributed by atoms with Crippen LogP contribution in [0, 0.1) is 5.41 Å². The van der Waals surface area contributed by atoms with Gasteiger partial charge in [-0.05, 0) is 31.1 Å². The Kier molecular flexibility index (Phi) is 3.94. The molecule has 0 aromatic carbocycles. The summed E-state index contributed by atoms with van der Waals surface area (Å²) in [7, 11) is 1.67. The first-order valence-electron chi connectivity index (χ1n) is 6.70. The highest BCUT2D eigenvalue weighted by Crippen LogP contribution is 2.46. The number of aliphatic hydroxyl groups is 1. The Morgan fingerprint density at radius 2 is 2.00 bits per heavy atom. The Morgan fingerprint density at radius 3 is 2.53 bits per heavy atom. The molecule has 0 bridgehead atoms. The van der Waals surface area contributed by atoms with Crippen molar-refractivity contribution in [2.24, 2.45) is 11.1 Å². The molecule has 0 amide bonds. The summed E-state index contributed by atoms with van der Waals surface area (Å²) < 4.78 is 10.8. The largest absolute Gasteiger partial charge is 0.382 e. The minimum absolute atomic E-state index is 0.0641. The predicted molar refractivity (Wildman–Crippen MR) is 69.2 cm³/mol. The Morgan fingerprint density at radius 1 is 1.37 bits per heavy atom. The number of methoxy groups -OCH3 is 1. The predicted octanol–water partition coefficient (Wildman–Crippen LogP) is 1.50. The van der Waals surface area contributed by atoms with Crippen LogP contribution in [0.15, 0.2) is 4.52 Å². The molecule has 0 saturated heterocycles. The van der Waals surface area contributed by atoms with Gasteiger partial charge in [0.15, 0.2) is 0 Å².